The van der Waals surface area contributed by atoms with Gasteiger partial charge in [-0.3, -0.25) is 0 Å². The van der Waals surface area contributed by atoms with Crippen LogP contribution in [-0.4, -0.2) is 26.6 Å². The predicted octanol–water partition coefficient (Wildman–Crippen LogP) is 2.17. The number of nitrogens with two attached hydrogens (primary N) is 1. The third-order valence-corrected chi connectivity index (χ3v) is 3.45. The predicted molar refractivity (Wildman–Crippen MR) is 81.2 cm³/mol. The van der Waals surface area contributed by atoms with Crippen LogP contribution >= 0.6 is 0 Å². The number of hydrogen-bond acceptors (Lipinski definition) is 5. The molecular formula is C15H16FN5O. The second-order valence-electron chi connectivity index (χ2n) is 4.88. The number of methoxy groups -OCH3 is 1. The monoisotopic (exact) mass is 301 g/mol. The summed E-state index contributed by atoms with van der Waals surface area (Å²) in [5, 5.41) is 0. The van der Waals surface area contributed by atoms with E-state index in [1.165, 1.54) is 6.07 Å². The van der Waals surface area contributed by atoms with E-state index in [-0.39, 0.29) is 5.82 Å². The summed E-state index contributed by atoms with van der Waals surface area (Å²) in [5.74, 6) is 1.27. The fourth-order valence-electron chi connectivity index (χ4n) is 2.27. The van der Waals surface area contributed by atoms with Crippen LogP contribution in [-0.2, 0) is 13.0 Å². The number of imidazole rings is 1. The quantitative estimate of drug-likeness (QED) is 0.799. The lowest BCUT2D eigenvalue weighted by Crippen LogP contribution is -2.05. The number of hydrogen-bond donors (Lipinski definition) is 1. The van der Waals surface area contributed by atoms with Crippen LogP contribution in [0.15, 0.2) is 24.5 Å². The lowest BCUT2D eigenvalue weighted by Gasteiger charge is -2.08. The smallest absolute Gasteiger partial charge is 0.166 e. The molecule has 22 heavy (non-hydrogen) atoms. The molecule has 3 rings (SSSR count). The summed E-state index contributed by atoms with van der Waals surface area (Å²) in [6.07, 6.45) is 2.26. The minimum absolute atomic E-state index is 0.291. The molecule has 0 spiro atoms. The molecule has 7 heteroatoms. The Kier molecular flexibility index (Phi) is 3.62. The highest BCUT2D eigenvalue weighted by Crippen LogP contribution is 2.21. The van der Waals surface area contributed by atoms with Crippen LogP contribution in [0.3, 0.4) is 0 Å². The molecule has 0 amide bonds. The number of nitrogens with zero attached hydrogens (tertiary/aromatic N) is 4. The Morgan fingerprint density at radius 1 is 1.32 bits per heavy atom. The normalized spacial score (nSPS) is 11.0. The molecule has 2 aromatic heterocycles. The van der Waals surface area contributed by atoms with Crippen molar-refractivity contribution in [3.8, 4) is 5.75 Å². The zero-order valence-electron chi connectivity index (χ0n) is 12.4. The van der Waals surface area contributed by atoms with E-state index < -0.39 is 0 Å². The molecule has 0 aliphatic rings. The zero-order chi connectivity index (χ0) is 15.7. The molecule has 2 heterocycles. The van der Waals surface area contributed by atoms with E-state index in [1.807, 2.05) is 6.92 Å². The van der Waals surface area contributed by atoms with Crippen molar-refractivity contribution in [2.45, 2.75) is 19.9 Å². The summed E-state index contributed by atoms with van der Waals surface area (Å²) < 4.78 is 20.9. The first-order valence-corrected chi connectivity index (χ1v) is 6.92. The topological polar surface area (TPSA) is 78.8 Å². The summed E-state index contributed by atoms with van der Waals surface area (Å²) in [6, 6.07) is 4.63. The van der Waals surface area contributed by atoms with Crippen LogP contribution in [0.1, 0.15) is 18.3 Å². The number of ether oxygens (including phenoxy) is 1. The molecule has 0 fully saturated rings. The van der Waals surface area contributed by atoms with Gasteiger partial charge in [0, 0.05) is 12.0 Å². The Hall–Kier alpha value is -2.70. The second kappa shape index (κ2) is 5.59. The van der Waals surface area contributed by atoms with Gasteiger partial charge in [0.2, 0.25) is 0 Å². The Morgan fingerprint density at radius 2 is 2.14 bits per heavy atom. The van der Waals surface area contributed by atoms with E-state index in [1.54, 1.807) is 30.1 Å². The molecule has 0 radical (unpaired) electrons. The molecule has 0 saturated carbocycles. The van der Waals surface area contributed by atoms with Crippen LogP contribution < -0.4 is 10.5 Å². The fraction of sp³-hybridized carbons (Fsp3) is 0.267. The van der Waals surface area contributed by atoms with Gasteiger partial charge in [0.25, 0.3) is 0 Å². The zero-order valence-corrected chi connectivity index (χ0v) is 12.4. The van der Waals surface area contributed by atoms with Crippen molar-refractivity contribution in [2.75, 3.05) is 12.8 Å². The van der Waals surface area contributed by atoms with Gasteiger partial charge in [-0.2, -0.15) is 0 Å². The first-order valence-electron chi connectivity index (χ1n) is 6.92. The van der Waals surface area contributed by atoms with Gasteiger partial charge in [0.15, 0.2) is 11.5 Å². The first kappa shape index (κ1) is 14.2. The highest BCUT2D eigenvalue weighted by molar-refractivity contribution is 5.81. The lowest BCUT2D eigenvalue weighted by atomic mass is 10.2. The standard InChI is InChI=1S/C15H16FN5O/c1-3-12-19-14(17)13-15(20-12)21(8-18-13)7-9-6-10(22-2)4-5-11(9)16/h4-6,8H,3,7H2,1-2H3,(H2,17,19,20). The summed E-state index contributed by atoms with van der Waals surface area (Å²) >= 11 is 0. The van der Waals surface area contributed by atoms with E-state index in [9.17, 15) is 4.39 Å². The molecule has 1 aromatic carbocycles. The number of fused-ring (bicyclic) bond motifs is 1. The Morgan fingerprint density at radius 3 is 2.86 bits per heavy atom. The molecule has 3 aromatic rings. The third-order valence-electron chi connectivity index (χ3n) is 3.45. The van der Waals surface area contributed by atoms with Crippen LogP contribution in [0.4, 0.5) is 10.2 Å². The first-order chi connectivity index (χ1) is 10.6. The van der Waals surface area contributed by atoms with Crippen LogP contribution in [0, 0.1) is 5.82 Å². The van der Waals surface area contributed by atoms with Gasteiger partial charge in [-0.25, -0.2) is 19.3 Å². The van der Waals surface area contributed by atoms with Crippen molar-refractivity contribution in [3.05, 3.63) is 41.7 Å². The van der Waals surface area contributed by atoms with Crippen molar-refractivity contribution in [3.63, 3.8) is 0 Å². The number of anilines is 1. The number of rotatable bonds is 4. The average Bonchev–Trinajstić information content (AvgIpc) is 2.93. The van der Waals surface area contributed by atoms with Crippen molar-refractivity contribution in [2.24, 2.45) is 0 Å². The molecule has 0 unspecified atom stereocenters. The highest BCUT2D eigenvalue weighted by Gasteiger charge is 2.12. The summed E-state index contributed by atoms with van der Waals surface area (Å²) in [6.45, 7) is 2.24. The van der Waals surface area contributed by atoms with Crippen LogP contribution in [0.2, 0.25) is 0 Å². The average molecular weight is 301 g/mol. The van der Waals surface area contributed by atoms with Crippen LogP contribution in [0.25, 0.3) is 11.2 Å². The van der Waals surface area contributed by atoms with Gasteiger partial charge < -0.3 is 15.0 Å². The third kappa shape index (κ3) is 2.45. The molecule has 0 aliphatic carbocycles. The Balaban J connectivity index is 2.06. The molecule has 2 N–H and O–H groups in total. The molecule has 0 aliphatic heterocycles. The van der Waals surface area contributed by atoms with Gasteiger partial charge in [-0.05, 0) is 18.2 Å². The number of benzene rings is 1. The molecule has 114 valence electrons. The fourth-order valence-corrected chi connectivity index (χ4v) is 2.27. The summed E-state index contributed by atoms with van der Waals surface area (Å²) in [4.78, 5) is 12.8. The maximum Gasteiger partial charge on any atom is 0.166 e. The van der Waals surface area contributed by atoms with Crippen LogP contribution in [0.5, 0.6) is 5.75 Å². The number of halogens is 1. The van der Waals surface area contributed by atoms with Gasteiger partial charge in [0.05, 0.1) is 20.0 Å². The summed E-state index contributed by atoms with van der Waals surface area (Å²) in [5.41, 5.74) is 7.52. The van der Waals surface area contributed by atoms with E-state index >= 15 is 0 Å². The van der Waals surface area contributed by atoms with Crippen molar-refractivity contribution < 1.29 is 9.13 Å². The number of aromatic nitrogens is 4. The molecular weight excluding hydrogens is 285 g/mol. The summed E-state index contributed by atoms with van der Waals surface area (Å²) in [7, 11) is 1.55. The van der Waals surface area contributed by atoms with Gasteiger partial charge in [-0.15, -0.1) is 0 Å². The largest absolute Gasteiger partial charge is 0.497 e. The maximum absolute atomic E-state index is 14.0. The van der Waals surface area contributed by atoms with Crippen molar-refractivity contribution in [1.82, 2.24) is 19.5 Å². The van der Waals surface area contributed by atoms with Crippen molar-refractivity contribution in [1.29, 1.82) is 0 Å². The van der Waals surface area contributed by atoms with Gasteiger partial charge >= 0.3 is 0 Å². The number of aryl methyl sites for hydroxylation is 1. The van der Waals surface area contributed by atoms with Crippen molar-refractivity contribution >= 4 is 17.0 Å². The minimum Gasteiger partial charge on any atom is -0.497 e. The van der Waals surface area contributed by atoms with E-state index in [0.29, 0.717) is 47.1 Å². The molecule has 0 saturated heterocycles. The Labute approximate surface area is 126 Å². The minimum atomic E-state index is -0.305. The van der Waals surface area contributed by atoms with E-state index in [2.05, 4.69) is 15.0 Å². The lowest BCUT2D eigenvalue weighted by molar-refractivity contribution is 0.412. The van der Waals surface area contributed by atoms with Gasteiger partial charge in [-0.1, -0.05) is 6.92 Å². The maximum atomic E-state index is 14.0. The highest BCUT2D eigenvalue weighted by atomic mass is 19.1. The SMILES string of the molecule is CCc1nc(N)c2ncn(Cc3cc(OC)ccc3F)c2n1. The second-order valence-corrected chi connectivity index (χ2v) is 4.88. The van der Waals surface area contributed by atoms with E-state index in [0.717, 1.165) is 0 Å². The van der Waals surface area contributed by atoms with E-state index in [4.69, 9.17) is 10.5 Å². The molecule has 6 nitrogen and oxygen atoms in total. The number of nitrogen functional groups attached to an aromatic ring is 1. The molecule has 0 bridgehead atoms. The van der Waals surface area contributed by atoms with Gasteiger partial charge in [0.1, 0.15) is 22.9 Å². The Bertz CT molecular complexity index is 830. The molecule has 0 atom stereocenters.